The molecule has 0 aliphatic carbocycles. The molecule has 1 aliphatic heterocycles. The Morgan fingerprint density at radius 1 is 1.22 bits per heavy atom. The van der Waals surface area contributed by atoms with Crippen molar-refractivity contribution in [1.82, 2.24) is 10.2 Å². The molecule has 1 fully saturated rings. The van der Waals surface area contributed by atoms with Gasteiger partial charge >= 0.3 is 0 Å². The first-order chi connectivity index (χ1) is 12.9. The fraction of sp³-hybridized carbons (Fsp3) is 0.238. The van der Waals surface area contributed by atoms with Crippen molar-refractivity contribution in [2.24, 2.45) is 0 Å². The lowest BCUT2D eigenvalue weighted by atomic mass is 9.92. The van der Waals surface area contributed by atoms with Crippen LogP contribution in [0.15, 0.2) is 48.5 Å². The van der Waals surface area contributed by atoms with E-state index in [0.717, 1.165) is 27.1 Å². The van der Waals surface area contributed by atoms with Crippen LogP contribution in [0.5, 0.6) is 5.75 Å². The minimum atomic E-state index is -0.573. The molecule has 0 unspecified atom stereocenters. The van der Waals surface area contributed by atoms with Crippen molar-refractivity contribution in [3.8, 4) is 16.9 Å². The van der Waals surface area contributed by atoms with Gasteiger partial charge in [-0.2, -0.15) is 0 Å². The van der Waals surface area contributed by atoms with Crippen LogP contribution in [0.1, 0.15) is 18.2 Å². The van der Waals surface area contributed by atoms with Gasteiger partial charge in [-0.15, -0.1) is 11.3 Å². The van der Waals surface area contributed by atoms with E-state index in [1.165, 1.54) is 9.60 Å². The van der Waals surface area contributed by atoms with Gasteiger partial charge in [0, 0.05) is 16.6 Å². The highest BCUT2D eigenvalue weighted by atomic mass is 32.1. The first-order valence-electron chi connectivity index (χ1n) is 8.72. The summed E-state index contributed by atoms with van der Waals surface area (Å²) in [4.78, 5) is 14.7. The van der Waals surface area contributed by atoms with Gasteiger partial charge in [0.15, 0.2) is 5.96 Å². The first kappa shape index (κ1) is 17.5. The smallest absolute Gasteiger partial charge is 0.231 e. The number of fused-ring (bicyclic) bond motifs is 1. The van der Waals surface area contributed by atoms with Crippen molar-refractivity contribution < 1.29 is 9.53 Å². The van der Waals surface area contributed by atoms with Crippen molar-refractivity contribution in [2.45, 2.75) is 18.9 Å². The van der Waals surface area contributed by atoms with Gasteiger partial charge in [-0.25, -0.2) is 0 Å². The maximum Gasteiger partial charge on any atom is 0.231 e. The zero-order chi connectivity index (χ0) is 19.2. The summed E-state index contributed by atoms with van der Waals surface area (Å²) in [5, 5.41) is 12.4. The summed E-state index contributed by atoms with van der Waals surface area (Å²) in [6, 6.07) is 16.4. The Balaban J connectivity index is 1.81. The second-order valence-corrected chi connectivity index (χ2v) is 8.05. The van der Waals surface area contributed by atoms with Crippen molar-refractivity contribution >= 4 is 33.3 Å². The van der Waals surface area contributed by atoms with Gasteiger partial charge in [0.2, 0.25) is 5.91 Å². The number of amides is 1. The summed E-state index contributed by atoms with van der Waals surface area (Å²) in [7, 11) is 3.30. The molecule has 0 saturated carbocycles. The van der Waals surface area contributed by atoms with Crippen LogP contribution >= 0.6 is 11.3 Å². The Bertz CT molecular complexity index is 1040. The normalized spacial score (nSPS) is 20.0. The maximum atomic E-state index is 12.3. The van der Waals surface area contributed by atoms with Crippen LogP contribution in [-0.2, 0) is 10.3 Å². The molecule has 2 heterocycles. The zero-order valence-electron chi connectivity index (χ0n) is 15.5. The van der Waals surface area contributed by atoms with E-state index in [-0.39, 0.29) is 11.9 Å². The molecule has 0 radical (unpaired) electrons. The average molecular weight is 379 g/mol. The van der Waals surface area contributed by atoms with Gasteiger partial charge in [-0.1, -0.05) is 30.3 Å². The molecule has 1 saturated heterocycles. The van der Waals surface area contributed by atoms with Gasteiger partial charge < -0.3 is 10.1 Å². The van der Waals surface area contributed by atoms with Crippen molar-refractivity contribution in [3.63, 3.8) is 0 Å². The van der Waals surface area contributed by atoms with Crippen LogP contribution in [0, 0.1) is 5.41 Å². The van der Waals surface area contributed by atoms with Crippen LogP contribution in [0.4, 0.5) is 0 Å². The molecular formula is C21H21N3O2S. The molecule has 1 aromatic heterocycles. The SMILES string of the molecule is COc1cccc(-c2cccc3cc([C@]4(C)CC(=O)N(C)C(=N)N4)sc23)c1. The number of thiophene rings is 1. The number of methoxy groups -OCH3 is 1. The number of hydrogen-bond donors (Lipinski definition) is 2. The average Bonchev–Trinajstić information content (AvgIpc) is 3.11. The predicted molar refractivity (Wildman–Crippen MR) is 109 cm³/mol. The van der Waals surface area contributed by atoms with E-state index in [4.69, 9.17) is 10.1 Å². The molecular weight excluding hydrogens is 358 g/mol. The van der Waals surface area contributed by atoms with E-state index in [1.807, 2.05) is 31.2 Å². The molecule has 6 heteroatoms. The highest BCUT2D eigenvalue weighted by Gasteiger charge is 2.39. The molecule has 0 bridgehead atoms. The number of nitrogens with one attached hydrogen (secondary N) is 2. The molecule has 0 spiro atoms. The van der Waals surface area contributed by atoms with Gasteiger partial charge in [-0.3, -0.25) is 15.1 Å². The molecule has 138 valence electrons. The zero-order valence-corrected chi connectivity index (χ0v) is 16.3. The van der Waals surface area contributed by atoms with E-state index in [0.29, 0.717) is 6.42 Å². The summed E-state index contributed by atoms with van der Waals surface area (Å²) in [6.45, 7) is 1.99. The van der Waals surface area contributed by atoms with Crippen molar-refractivity contribution in [1.29, 1.82) is 5.41 Å². The number of ether oxygens (including phenoxy) is 1. The monoisotopic (exact) mass is 379 g/mol. The number of benzene rings is 2. The minimum absolute atomic E-state index is 0.0493. The van der Waals surface area contributed by atoms with Crippen LogP contribution in [0.3, 0.4) is 0 Å². The number of rotatable bonds is 3. The summed E-state index contributed by atoms with van der Waals surface area (Å²) < 4.78 is 6.53. The molecule has 3 aromatic rings. The fourth-order valence-corrected chi connectivity index (χ4v) is 4.73. The molecule has 2 N–H and O–H groups in total. The van der Waals surface area contributed by atoms with Crippen molar-refractivity contribution in [3.05, 3.63) is 53.4 Å². The van der Waals surface area contributed by atoms with E-state index in [1.54, 1.807) is 25.5 Å². The fourth-order valence-electron chi connectivity index (χ4n) is 3.44. The lowest BCUT2D eigenvalue weighted by Gasteiger charge is -2.38. The molecule has 1 atom stereocenters. The summed E-state index contributed by atoms with van der Waals surface area (Å²) in [5.41, 5.74) is 1.66. The van der Waals surface area contributed by atoms with Gasteiger partial charge in [0.25, 0.3) is 0 Å². The lowest BCUT2D eigenvalue weighted by Crippen LogP contribution is -2.57. The highest BCUT2D eigenvalue weighted by molar-refractivity contribution is 7.19. The van der Waals surface area contributed by atoms with E-state index >= 15 is 0 Å². The topological polar surface area (TPSA) is 65.4 Å². The Morgan fingerprint density at radius 2 is 2.00 bits per heavy atom. The second-order valence-electron chi connectivity index (χ2n) is 7.00. The van der Waals surface area contributed by atoms with E-state index in [9.17, 15) is 4.79 Å². The number of carbonyl (C=O) groups excluding carboxylic acids is 1. The maximum absolute atomic E-state index is 12.3. The standard InChI is InChI=1S/C21H21N3O2S/c1-21(12-18(25)24(2)20(22)23-21)17-11-14-7-5-9-16(19(14)27-17)13-6-4-8-15(10-13)26-3/h4-11H,12H2,1-3H3,(H2,22,23)/t21-/m0/s1. The summed E-state index contributed by atoms with van der Waals surface area (Å²) in [6.07, 6.45) is 0.327. The van der Waals surface area contributed by atoms with Crippen LogP contribution in [0.25, 0.3) is 21.2 Å². The van der Waals surface area contributed by atoms with Crippen LogP contribution < -0.4 is 10.1 Å². The van der Waals surface area contributed by atoms with Crippen LogP contribution in [0.2, 0.25) is 0 Å². The van der Waals surface area contributed by atoms with Crippen molar-refractivity contribution in [2.75, 3.05) is 14.2 Å². The largest absolute Gasteiger partial charge is 0.497 e. The molecule has 5 nitrogen and oxygen atoms in total. The second kappa shape index (κ2) is 6.39. The third-order valence-electron chi connectivity index (χ3n) is 5.08. The number of nitrogens with zero attached hydrogens (tertiary/aromatic N) is 1. The Kier molecular flexibility index (Phi) is 4.15. The van der Waals surface area contributed by atoms with E-state index < -0.39 is 5.54 Å². The number of hydrogen-bond acceptors (Lipinski definition) is 4. The first-order valence-corrected chi connectivity index (χ1v) is 9.54. The summed E-state index contributed by atoms with van der Waals surface area (Å²) in [5.74, 6) is 0.912. The number of carbonyl (C=O) groups is 1. The predicted octanol–water partition coefficient (Wildman–Crippen LogP) is 4.18. The van der Waals surface area contributed by atoms with Gasteiger partial charge in [0.1, 0.15) is 5.75 Å². The van der Waals surface area contributed by atoms with E-state index in [2.05, 4.69) is 29.6 Å². The minimum Gasteiger partial charge on any atom is -0.497 e. The van der Waals surface area contributed by atoms with Gasteiger partial charge in [-0.05, 0) is 41.6 Å². The lowest BCUT2D eigenvalue weighted by molar-refractivity contribution is -0.129. The third kappa shape index (κ3) is 2.96. The molecule has 27 heavy (non-hydrogen) atoms. The third-order valence-corrected chi connectivity index (χ3v) is 6.53. The number of guanidine groups is 1. The molecule has 4 rings (SSSR count). The molecule has 1 amide bonds. The Morgan fingerprint density at radius 3 is 2.74 bits per heavy atom. The molecule has 2 aromatic carbocycles. The van der Waals surface area contributed by atoms with Gasteiger partial charge in [0.05, 0.1) is 19.1 Å². The Labute approximate surface area is 162 Å². The molecule has 1 aliphatic rings. The Hall–Kier alpha value is -2.86. The summed E-state index contributed by atoms with van der Waals surface area (Å²) >= 11 is 1.67. The highest BCUT2D eigenvalue weighted by Crippen LogP contribution is 2.41. The quantitative estimate of drug-likeness (QED) is 0.717. The van der Waals surface area contributed by atoms with Crippen LogP contribution in [-0.4, -0.2) is 30.9 Å².